The summed E-state index contributed by atoms with van der Waals surface area (Å²) >= 11 is 5.20. The summed E-state index contributed by atoms with van der Waals surface area (Å²) in [5.41, 5.74) is 3.34. The molecule has 0 amide bonds. The molecule has 0 aromatic heterocycles. The smallest absolute Gasteiger partial charge is 0.200 e. The van der Waals surface area contributed by atoms with E-state index in [1.54, 1.807) is 6.07 Å². The maximum absolute atomic E-state index is 9.59. The number of phenolic OH excluding ortho intramolecular Hbond substituents is 2. The largest absolute Gasteiger partial charge is 0.504 e. The zero-order valence-corrected chi connectivity index (χ0v) is 13.3. The van der Waals surface area contributed by atoms with Gasteiger partial charge in [0.25, 0.3) is 0 Å². The summed E-state index contributed by atoms with van der Waals surface area (Å²) in [6.07, 6.45) is 7.52. The van der Waals surface area contributed by atoms with Crippen LogP contribution in [-0.2, 0) is 0 Å². The number of hydrogen-bond acceptors (Lipinski definition) is 5. The van der Waals surface area contributed by atoms with Crippen LogP contribution < -0.4 is 15.5 Å². The normalized spacial score (nSPS) is 15.7. The SMILES string of the molecule is COc1cc(/C=N/NC(=S)NC2CCCCC2)cc(O)c1O. The fourth-order valence-electron chi connectivity index (χ4n) is 2.47. The van der Waals surface area contributed by atoms with Gasteiger partial charge in [-0.2, -0.15) is 5.10 Å². The molecule has 0 unspecified atom stereocenters. The Morgan fingerprint density at radius 2 is 2.05 bits per heavy atom. The number of hydrogen-bond donors (Lipinski definition) is 4. The highest BCUT2D eigenvalue weighted by molar-refractivity contribution is 7.80. The fraction of sp³-hybridized carbons (Fsp3) is 0.467. The van der Waals surface area contributed by atoms with Gasteiger partial charge < -0.3 is 20.3 Å². The first-order valence-electron chi connectivity index (χ1n) is 7.29. The van der Waals surface area contributed by atoms with Gasteiger partial charge in [0.1, 0.15) is 0 Å². The molecule has 1 aliphatic carbocycles. The third-order valence-corrected chi connectivity index (χ3v) is 3.83. The molecule has 6 nitrogen and oxygen atoms in total. The van der Waals surface area contributed by atoms with E-state index in [1.165, 1.54) is 38.7 Å². The van der Waals surface area contributed by atoms with Crippen LogP contribution in [0.5, 0.6) is 17.2 Å². The Hall–Kier alpha value is -2.02. The van der Waals surface area contributed by atoms with E-state index in [-0.39, 0.29) is 17.2 Å². The van der Waals surface area contributed by atoms with E-state index in [0.29, 0.717) is 16.7 Å². The highest BCUT2D eigenvalue weighted by Gasteiger charge is 2.13. The van der Waals surface area contributed by atoms with Crippen molar-refractivity contribution in [2.75, 3.05) is 7.11 Å². The molecule has 1 fully saturated rings. The number of phenols is 2. The molecule has 1 aliphatic rings. The van der Waals surface area contributed by atoms with Gasteiger partial charge in [0.15, 0.2) is 16.6 Å². The number of thiocarbonyl (C=S) groups is 1. The zero-order chi connectivity index (χ0) is 15.9. The summed E-state index contributed by atoms with van der Waals surface area (Å²) in [5, 5.41) is 26.9. The first kappa shape index (κ1) is 16.4. The average Bonchev–Trinajstić information content (AvgIpc) is 2.51. The number of hydrazone groups is 1. The number of benzene rings is 1. The van der Waals surface area contributed by atoms with Gasteiger partial charge in [-0.3, -0.25) is 5.43 Å². The van der Waals surface area contributed by atoms with Gasteiger partial charge >= 0.3 is 0 Å². The summed E-state index contributed by atoms with van der Waals surface area (Å²) < 4.78 is 4.96. The van der Waals surface area contributed by atoms with E-state index in [2.05, 4.69) is 15.8 Å². The number of aromatic hydroxyl groups is 2. The van der Waals surface area contributed by atoms with Gasteiger partial charge in [-0.05, 0) is 37.2 Å². The van der Waals surface area contributed by atoms with Crippen LogP contribution >= 0.6 is 12.2 Å². The Morgan fingerprint density at radius 3 is 2.73 bits per heavy atom. The van der Waals surface area contributed by atoms with Crippen LogP contribution in [-0.4, -0.2) is 34.7 Å². The van der Waals surface area contributed by atoms with Crippen molar-refractivity contribution in [3.63, 3.8) is 0 Å². The summed E-state index contributed by atoms with van der Waals surface area (Å²) in [4.78, 5) is 0. The van der Waals surface area contributed by atoms with Crippen LogP contribution in [0, 0.1) is 0 Å². The van der Waals surface area contributed by atoms with Gasteiger partial charge in [-0.25, -0.2) is 0 Å². The average molecular weight is 323 g/mol. The minimum atomic E-state index is -0.290. The Labute approximate surface area is 135 Å². The first-order chi connectivity index (χ1) is 10.6. The van der Waals surface area contributed by atoms with Crippen molar-refractivity contribution in [3.8, 4) is 17.2 Å². The van der Waals surface area contributed by atoms with Crippen LogP contribution in [0.3, 0.4) is 0 Å². The van der Waals surface area contributed by atoms with Crippen LogP contribution in [0.1, 0.15) is 37.7 Å². The summed E-state index contributed by atoms with van der Waals surface area (Å²) in [7, 11) is 1.41. The van der Waals surface area contributed by atoms with Crippen LogP contribution in [0.4, 0.5) is 0 Å². The van der Waals surface area contributed by atoms with E-state index < -0.39 is 0 Å². The Morgan fingerprint density at radius 1 is 1.32 bits per heavy atom. The standard InChI is InChI=1S/C15H21N3O3S/c1-21-13-8-10(7-12(19)14(13)20)9-16-18-15(22)17-11-5-3-2-4-6-11/h7-9,11,19-20H,2-6H2,1H3,(H2,17,18,22)/b16-9+. The minimum Gasteiger partial charge on any atom is -0.504 e. The second-order valence-electron chi connectivity index (χ2n) is 5.27. The van der Waals surface area contributed by atoms with Crippen LogP contribution in [0.2, 0.25) is 0 Å². The topological polar surface area (TPSA) is 86.1 Å². The van der Waals surface area contributed by atoms with Crippen molar-refractivity contribution in [2.24, 2.45) is 5.10 Å². The maximum Gasteiger partial charge on any atom is 0.200 e. The highest BCUT2D eigenvalue weighted by atomic mass is 32.1. The minimum absolute atomic E-state index is 0.185. The third-order valence-electron chi connectivity index (χ3n) is 3.62. The predicted octanol–water partition coefficient (Wildman–Crippen LogP) is 2.24. The van der Waals surface area contributed by atoms with Crippen molar-refractivity contribution in [1.82, 2.24) is 10.7 Å². The van der Waals surface area contributed by atoms with Gasteiger partial charge in [0.2, 0.25) is 5.75 Å². The molecule has 0 saturated heterocycles. The van der Waals surface area contributed by atoms with Gasteiger partial charge in [0.05, 0.1) is 13.3 Å². The molecule has 0 heterocycles. The molecule has 0 atom stereocenters. The quantitative estimate of drug-likeness (QED) is 0.294. The number of nitrogens with zero attached hydrogens (tertiary/aromatic N) is 1. The third kappa shape index (κ3) is 4.49. The molecule has 1 saturated carbocycles. The number of rotatable bonds is 4. The van der Waals surface area contributed by atoms with Crippen molar-refractivity contribution < 1.29 is 14.9 Å². The van der Waals surface area contributed by atoms with Crippen LogP contribution in [0.15, 0.2) is 17.2 Å². The van der Waals surface area contributed by atoms with Gasteiger partial charge in [-0.15, -0.1) is 0 Å². The Bertz CT molecular complexity index is 557. The Balaban J connectivity index is 1.89. The van der Waals surface area contributed by atoms with Crippen molar-refractivity contribution in [1.29, 1.82) is 0 Å². The van der Waals surface area contributed by atoms with E-state index in [0.717, 1.165) is 12.8 Å². The van der Waals surface area contributed by atoms with E-state index >= 15 is 0 Å². The number of nitrogens with one attached hydrogen (secondary N) is 2. The lowest BCUT2D eigenvalue weighted by Gasteiger charge is -2.23. The molecule has 4 N–H and O–H groups in total. The molecule has 0 bridgehead atoms. The monoisotopic (exact) mass is 323 g/mol. The molecule has 1 aromatic carbocycles. The Kier molecular flexibility index (Phi) is 5.83. The van der Waals surface area contributed by atoms with E-state index in [1.807, 2.05) is 0 Å². The molecule has 22 heavy (non-hydrogen) atoms. The first-order valence-corrected chi connectivity index (χ1v) is 7.70. The lowest BCUT2D eigenvalue weighted by atomic mass is 9.96. The van der Waals surface area contributed by atoms with E-state index in [9.17, 15) is 10.2 Å². The number of methoxy groups -OCH3 is 1. The van der Waals surface area contributed by atoms with Crippen molar-refractivity contribution in [3.05, 3.63) is 17.7 Å². The lowest BCUT2D eigenvalue weighted by Crippen LogP contribution is -2.40. The molecule has 0 spiro atoms. The molecule has 0 radical (unpaired) electrons. The second-order valence-corrected chi connectivity index (χ2v) is 5.68. The lowest BCUT2D eigenvalue weighted by molar-refractivity contribution is 0.351. The summed E-state index contributed by atoms with van der Waals surface area (Å²) in [6, 6.07) is 3.38. The zero-order valence-electron chi connectivity index (χ0n) is 12.5. The maximum atomic E-state index is 9.59. The van der Waals surface area contributed by atoms with Gasteiger partial charge in [-0.1, -0.05) is 19.3 Å². The molecule has 2 rings (SSSR count). The molecule has 1 aromatic rings. The fourth-order valence-corrected chi connectivity index (χ4v) is 2.69. The number of ether oxygens (including phenoxy) is 1. The van der Waals surface area contributed by atoms with Crippen LogP contribution in [0.25, 0.3) is 0 Å². The highest BCUT2D eigenvalue weighted by Crippen LogP contribution is 2.35. The summed E-state index contributed by atoms with van der Waals surface area (Å²) in [6.45, 7) is 0. The van der Waals surface area contributed by atoms with Crippen molar-refractivity contribution in [2.45, 2.75) is 38.1 Å². The molecule has 7 heteroatoms. The molecular weight excluding hydrogens is 302 g/mol. The summed E-state index contributed by atoms with van der Waals surface area (Å²) in [5.74, 6) is -0.366. The predicted molar refractivity (Wildman–Crippen MR) is 89.7 cm³/mol. The van der Waals surface area contributed by atoms with Gasteiger partial charge in [0, 0.05) is 11.6 Å². The van der Waals surface area contributed by atoms with E-state index in [4.69, 9.17) is 17.0 Å². The van der Waals surface area contributed by atoms with Crippen molar-refractivity contribution >= 4 is 23.5 Å². The molecule has 120 valence electrons. The molecular formula is C15H21N3O3S. The molecule has 0 aliphatic heterocycles. The second kappa shape index (κ2) is 7.84.